The number of carbonyl (C=O) groups is 1. The zero-order valence-electron chi connectivity index (χ0n) is 12.1. The van der Waals surface area contributed by atoms with Gasteiger partial charge in [0.25, 0.3) is 0 Å². The summed E-state index contributed by atoms with van der Waals surface area (Å²) >= 11 is 0. The molecule has 0 saturated heterocycles. The van der Waals surface area contributed by atoms with Crippen LogP contribution in [-0.2, 0) is 13.7 Å². The van der Waals surface area contributed by atoms with Crippen LogP contribution in [0, 0.1) is 0 Å². The van der Waals surface area contributed by atoms with Gasteiger partial charge in [-0.1, -0.05) is 35.5 Å². The molecule has 0 radical (unpaired) electrons. The second-order valence-corrected chi connectivity index (χ2v) is 4.86. The average Bonchev–Trinajstić information content (AvgIpc) is 2.95. The normalized spacial score (nSPS) is 10.4. The minimum absolute atomic E-state index is 0.456. The molecule has 110 valence electrons. The fourth-order valence-electron chi connectivity index (χ4n) is 2.15. The molecule has 0 atom stereocenters. The Morgan fingerprint density at radius 3 is 2.50 bits per heavy atom. The molecule has 2 aromatic carbocycles. The molecular formula is C17H15N3O2. The van der Waals surface area contributed by atoms with Crippen LogP contribution in [0.3, 0.4) is 0 Å². The van der Waals surface area contributed by atoms with E-state index in [0.29, 0.717) is 18.0 Å². The van der Waals surface area contributed by atoms with Gasteiger partial charge in [0, 0.05) is 12.6 Å². The molecule has 0 aliphatic heterocycles. The summed E-state index contributed by atoms with van der Waals surface area (Å²) in [6, 6.07) is 17.4. The third kappa shape index (κ3) is 2.88. The minimum atomic E-state index is 0.456. The third-order valence-corrected chi connectivity index (χ3v) is 3.36. The Morgan fingerprint density at radius 2 is 1.82 bits per heavy atom. The lowest BCUT2D eigenvalue weighted by molar-refractivity contribution is 0.111. The maximum Gasteiger partial charge on any atom is 0.170 e. The molecule has 0 spiro atoms. The van der Waals surface area contributed by atoms with E-state index >= 15 is 0 Å². The van der Waals surface area contributed by atoms with Crippen molar-refractivity contribution in [2.75, 3.05) is 0 Å². The molecule has 0 amide bonds. The van der Waals surface area contributed by atoms with Gasteiger partial charge in [-0.3, -0.25) is 4.79 Å². The quantitative estimate of drug-likeness (QED) is 0.679. The average molecular weight is 293 g/mol. The van der Waals surface area contributed by atoms with Crippen molar-refractivity contribution in [3.05, 3.63) is 65.9 Å². The molecule has 1 aromatic heterocycles. The molecule has 5 nitrogen and oxygen atoms in total. The van der Waals surface area contributed by atoms with Crippen LogP contribution < -0.4 is 4.74 Å². The summed E-state index contributed by atoms with van der Waals surface area (Å²) < 4.78 is 7.19. The Morgan fingerprint density at radius 1 is 1.09 bits per heavy atom. The maximum atomic E-state index is 11.1. The van der Waals surface area contributed by atoms with Crippen molar-refractivity contribution in [2.24, 2.45) is 7.05 Å². The van der Waals surface area contributed by atoms with E-state index in [0.717, 1.165) is 23.2 Å². The first-order valence-corrected chi connectivity index (χ1v) is 6.90. The SMILES string of the molecule is Cn1nnc(-c2ccc(OCc3ccccc3)cc2)c1C=O. The number of ether oxygens (including phenoxy) is 1. The summed E-state index contributed by atoms with van der Waals surface area (Å²) in [7, 11) is 1.69. The van der Waals surface area contributed by atoms with Crippen LogP contribution in [0.5, 0.6) is 5.75 Å². The zero-order valence-corrected chi connectivity index (χ0v) is 12.1. The first-order valence-electron chi connectivity index (χ1n) is 6.90. The third-order valence-electron chi connectivity index (χ3n) is 3.36. The molecule has 3 aromatic rings. The van der Waals surface area contributed by atoms with Crippen LogP contribution in [0.2, 0.25) is 0 Å². The van der Waals surface area contributed by atoms with E-state index in [1.807, 2.05) is 54.6 Å². The topological polar surface area (TPSA) is 57.0 Å². The van der Waals surface area contributed by atoms with E-state index in [1.54, 1.807) is 7.05 Å². The van der Waals surface area contributed by atoms with Gasteiger partial charge in [-0.2, -0.15) is 0 Å². The van der Waals surface area contributed by atoms with Crippen LogP contribution in [0.25, 0.3) is 11.3 Å². The molecule has 22 heavy (non-hydrogen) atoms. The summed E-state index contributed by atoms with van der Waals surface area (Å²) in [5, 5.41) is 7.89. The van der Waals surface area contributed by atoms with E-state index in [4.69, 9.17) is 4.74 Å². The monoisotopic (exact) mass is 293 g/mol. The highest BCUT2D eigenvalue weighted by atomic mass is 16.5. The number of carbonyl (C=O) groups excluding carboxylic acids is 1. The molecule has 5 heteroatoms. The highest BCUT2D eigenvalue weighted by Gasteiger charge is 2.11. The minimum Gasteiger partial charge on any atom is -0.489 e. The van der Waals surface area contributed by atoms with Gasteiger partial charge in [0.2, 0.25) is 0 Å². The number of hydrogen-bond acceptors (Lipinski definition) is 4. The molecule has 0 N–H and O–H groups in total. The van der Waals surface area contributed by atoms with Gasteiger partial charge in [-0.15, -0.1) is 5.10 Å². The van der Waals surface area contributed by atoms with Gasteiger partial charge in [0.1, 0.15) is 23.7 Å². The number of aromatic nitrogens is 3. The molecule has 0 aliphatic carbocycles. The number of aldehydes is 1. The van der Waals surface area contributed by atoms with Crippen molar-refractivity contribution >= 4 is 6.29 Å². The zero-order chi connectivity index (χ0) is 15.4. The molecule has 3 rings (SSSR count). The second-order valence-electron chi connectivity index (χ2n) is 4.86. The maximum absolute atomic E-state index is 11.1. The van der Waals surface area contributed by atoms with Gasteiger partial charge in [-0.05, 0) is 29.8 Å². The van der Waals surface area contributed by atoms with Crippen molar-refractivity contribution in [1.29, 1.82) is 0 Å². The van der Waals surface area contributed by atoms with E-state index < -0.39 is 0 Å². The van der Waals surface area contributed by atoms with Gasteiger partial charge in [0.15, 0.2) is 6.29 Å². The van der Waals surface area contributed by atoms with Gasteiger partial charge in [0.05, 0.1) is 0 Å². The molecule has 0 saturated carbocycles. The fraction of sp³-hybridized carbons (Fsp3) is 0.118. The Hall–Kier alpha value is -2.95. The lowest BCUT2D eigenvalue weighted by atomic mass is 10.1. The summed E-state index contributed by atoms with van der Waals surface area (Å²) in [4.78, 5) is 11.1. The number of benzene rings is 2. The molecule has 1 heterocycles. The molecular weight excluding hydrogens is 278 g/mol. The Balaban J connectivity index is 1.74. The molecule has 0 unspecified atom stereocenters. The highest BCUT2D eigenvalue weighted by Crippen LogP contribution is 2.23. The largest absolute Gasteiger partial charge is 0.489 e. The lowest BCUT2D eigenvalue weighted by Gasteiger charge is -2.07. The van der Waals surface area contributed by atoms with Gasteiger partial charge < -0.3 is 4.74 Å². The van der Waals surface area contributed by atoms with Crippen molar-refractivity contribution in [3.63, 3.8) is 0 Å². The van der Waals surface area contributed by atoms with Crippen LogP contribution in [-0.4, -0.2) is 21.3 Å². The van der Waals surface area contributed by atoms with Gasteiger partial charge >= 0.3 is 0 Å². The first-order chi connectivity index (χ1) is 10.8. The fourth-order valence-corrected chi connectivity index (χ4v) is 2.15. The Labute approximate surface area is 128 Å². The predicted octanol–water partition coefficient (Wildman–Crippen LogP) is 2.87. The van der Waals surface area contributed by atoms with Crippen LogP contribution in [0.1, 0.15) is 16.1 Å². The number of nitrogens with zero attached hydrogens (tertiary/aromatic N) is 3. The Kier molecular flexibility index (Phi) is 3.96. The van der Waals surface area contributed by atoms with E-state index in [2.05, 4.69) is 10.3 Å². The van der Waals surface area contributed by atoms with Crippen LogP contribution >= 0.6 is 0 Å². The molecule has 0 fully saturated rings. The summed E-state index contributed by atoms with van der Waals surface area (Å²) in [6.07, 6.45) is 0.759. The number of hydrogen-bond donors (Lipinski definition) is 0. The number of rotatable bonds is 5. The van der Waals surface area contributed by atoms with Crippen molar-refractivity contribution in [1.82, 2.24) is 15.0 Å². The van der Waals surface area contributed by atoms with Crippen LogP contribution in [0.4, 0.5) is 0 Å². The summed E-state index contributed by atoms with van der Waals surface area (Å²) in [5.41, 5.74) is 2.98. The Bertz CT molecular complexity index is 764. The van der Waals surface area contributed by atoms with E-state index in [9.17, 15) is 4.79 Å². The lowest BCUT2D eigenvalue weighted by Crippen LogP contribution is -1.97. The standard InChI is InChI=1S/C17H15N3O2/c1-20-16(11-21)17(18-19-20)14-7-9-15(10-8-14)22-12-13-5-3-2-4-6-13/h2-11H,12H2,1H3. The second kappa shape index (κ2) is 6.22. The molecule has 0 bridgehead atoms. The first kappa shape index (κ1) is 14.0. The van der Waals surface area contributed by atoms with Crippen molar-refractivity contribution < 1.29 is 9.53 Å². The van der Waals surface area contributed by atoms with Crippen LogP contribution in [0.15, 0.2) is 54.6 Å². The summed E-state index contributed by atoms with van der Waals surface area (Å²) in [5.74, 6) is 0.768. The highest BCUT2D eigenvalue weighted by molar-refractivity contribution is 5.83. The van der Waals surface area contributed by atoms with E-state index in [-0.39, 0.29) is 0 Å². The molecule has 0 aliphatic rings. The number of aryl methyl sites for hydroxylation is 1. The smallest absolute Gasteiger partial charge is 0.170 e. The summed E-state index contributed by atoms with van der Waals surface area (Å²) in [6.45, 7) is 0.519. The predicted molar refractivity (Wildman–Crippen MR) is 82.6 cm³/mol. The van der Waals surface area contributed by atoms with E-state index in [1.165, 1.54) is 4.68 Å². The van der Waals surface area contributed by atoms with Gasteiger partial charge in [-0.25, -0.2) is 4.68 Å². The van der Waals surface area contributed by atoms with Crippen molar-refractivity contribution in [3.8, 4) is 17.0 Å². The van der Waals surface area contributed by atoms with Crippen molar-refractivity contribution in [2.45, 2.75) is 6.61 Å².